The van der Waals surface area contributed by atoms with E-state index in [1.54, 1.807) is 7.11 Å². The molecule has 0 amide bonds. The second kappa shape index (κ2) is 9.87. The van der Waals surface area contributed by atoms with Gasteiger partial charge in [-0.2, -0.15) is 0 Å². The van der Waals surface area contributed by atoms with Crippen LogP contribution in [0.25, 0.3) is 0 Å². The molecule has 0 aromatic heterocycles. The van der Waals surface area contributed by atoms with E-state index >= 15 is 0 Å². The zero-order valence-electron chi connectivity index (χ0n) is 23.5. The van der Waals surface area contributed by atoms with Crippen molar-refractivity contribution in [1.29, 1.82) is 0 Å². The SMILES string of the molecule is C=CCOC(=O)Oc1c(C)c2c(c3c1CC1[C@H]4c5c(cc(C)c(OC)c5O)C[C@H](C(O)N1[C@H]3CC)N4C)OCO2. The van der Waals surface area contributed by atoms with E-state index in [9.17, 15) is 15.0 Å². The molecule has 4 heterocycles. The fraction of sp³-hybridized carbons (Fsp3) is 0.500. The number of ether oxygens (including phenoxy) is 5. The molecule has 40 heavy (non-hydrogen) atoms. The van der Waals surface area contributed by atoms with Crippen LogP contribution in [0, 0.1) is 13.8 Å². The molecule has 4 aliphatic heterocycles. The molecule has 1 fully saturated rings. The molecule has 1 saturated heterocycles. The Morgan fingerprint density at radius 3 is 2.62 bits per heavy atom. The first-order valence-corrected chi connectivity index (χ1v) is 13.7. The largest absolute Gasteiger partial charge is 0.514 e. The highest BCUT2D eigenvalue weighted by molar-refractivity contribution is 5.71. The Kier molecular flexibility index (Phi) is 6.59. The van der Waals surface area contributed by atoms with Crippen molar-refractivity contribution in [1.82, 2.24) is 9.80 Å². The summed E-state index contributed by atoms with van der Waals surface area (Å²) in [5.74, 6) is 2.14. The molecule has 4 aliphatic rings. The number of aryl methyl sites for hydroxylation is 1. The third-order valence-corrected chi connectivity index (χ3v) is 8.99. The van der Waals surface area contributed by atoms with Gasteiger partial charge in [0.1, 0.15) is 18.6 Å². The van der Waals surface area contributed by atoms with Crippen LogP contribution in [0.3, 0.4) is 0 Å². The van der Waals surface area contributed by atoms with Crippen LogP contribution in [0.4, 0.5) is 4.79 Å². The first-order valence-electron chi connectivity index (χ1n) is 13.7. The lowest BCUT2D eigenvalue weighted by atomic mass is 9.73. The molecule has 214 valence electrons. The molecule has 10 heteroatoms. The van der Waals surface area contributed by atoms with Crippen LogP contribution in [-0.2, 0) is 17.6 Å². The van der Waals surface area contributed by atoms with Crippen molar-refractivity contribution in [3.05, 3.63) is 52.1 Å². The highest BCUT2D eigenvalue weighted by atomic mass is 16.7. The summed E-state index contributed by atoms with van der Waals surface area (Å²) in [7, 11) is 3.56. The van der Waals surface area contributed by atoms with E-state index in [-0.39, 0.29) is 43.3 Å². The standard InChI is InChI=1S/C30H36N2O8/c1-7-9-37-30(35)40-26-15(4)27-28(39-13-38-27)22-17(26)12-19-23-21-16(10-14(3)25(36-6)24(21)33)11-20(31(23)5)29(34)32(19)18(22)8-2/h7,10,18-20,23,29,33-34H,1,8-9,11-13H2,2-6H3/t18-,19?,20+,23-,29?/m0/s1. The molecule has 0 saturated carbocycles. The molecule has 0 spiro atoms. The number of aromatic hydroxyl groups is 1. The Balaban J connectivity index is 1.55. The van der Waals surface area contributed by atoms with E-state index in [1.165, 1.54) is 6.08 Å². The third-order valence-electron chi connectivity index (χ3n) is 8.99. The Bertz CT molecular complexity index is 1390. The van der Waals surface area contributed by atoms with Gasteiger partial charge in [-0.25, -0.2) is 4.79 Å². The van der Waals surface area contributed by atoms with Crippen LogP contribution < -0.4 is 18.9 Å². The van der Waals surface area contributed by atoms with Gasteiger partial charge in [0.25, 0.3) is 0 Å². The van der Waals surface area contributed by atoms with E-state index in [1.807, 2.05) is 20.9 Å². The van der Waals surface area contributed by atoms with Crippen LogP contribution in [0.15, 0.2) is 18.7 Å². The van der Waals surface area contributed by atoms with Crippen LogP contribution in [0.1, 0.15) is 58.8 Å². The highest BCUT2D eigenvalue weighted by Gasteiger charge is 2.56. The van der Waals surface area contributed by atoms with Gasteiger partial charge < -0.3 is 33.9 Å². The lowest BCUT2D eigenvalue weighted by molar-refractivity contribution is -0.172. The van der Waals surface area contributed by atoms with Crippen LogP contribution in [0.5, 0.6) is 28.7 Å². The number of hydrogen-bond donors (Lipinski definition) is 2. The summed E-state index contributed by atoms with van der Waals surface area (Å²) in [6.07, 6.45) is 1.56. The summed E-state index contributed by atoms with van der Waals surface area (Å²) in [4.78, 5) is 17.0. The number of carbonyl (C=O) groups excluding carboxylic acids is 1. The van der Waals surface area contributed by atoms with E-state index in [0.717, 1.165) is 27.8 Å². The quantitative estimate of drug-likeness (QED) is 0.320. The van der Waals surface area contributed by atoms with Gasteiger partial charge in [-0.3, -0.25) is 9.80 Å². The monoisotopic (exact) mass is 552 g/mol. The molecule has 2 aromatic rings. The van der Waals surface area contributed by atoms with Crippen molar-refractivity contribution in [3.8, 4) is 28.7 Å². The van der Waals surface area contributed by atoms with Gasteiger partial charge in [-0.1, -0.05) is 25.6 Å². The zero-order valence-corrected chi connectivity index (χ0v) is 23.5. The average molecular weight is 553 g/mol. The lowest BCUT2D eigenvalue weighted by Gasteiger charge is -2.60. The fourth-order valence-electron chi connectivity index (χ4n) is 7.42. The van der Waals surface area contributed by atoms with Gasteiger partial charge in [0, 0.05) is 34.3 Å². The molecular weight excluding hydrogens is 516 g/mol. The number of rotatable bonds is 5. The Labute approximate surface area is 233 Å². The molecule has 0 aliphatic carbocycles. The Morgan fingerprint density at radius 2 is 1.93 bits per heavy atom. The van der Waals surface area contributed by atoms with Crippen molar-refractivity contribution in [2.75, 3.05) is 27.6 Å². The van der Waals surface area contributed by atoms with Crippen LogP contribution >= 0.6 is 0 Å². The zero-order chi connectivity index (χ0) is 28.5. The number of hydrogen-bond acceptors (Lipinski definition) is 10. The van der Waals surface area contributed by atoms with E-state index < -0.39 is 12.4 Å². The minimum atomic E-state index is -0.832. The smallest absolute Gasteiger partial charge is 0.504 e. The number of carbonyl (C=O) groups is 1. The molecule has 2 N–H and O–H groups in total. The maximum absolute atomic E-state index is 12.7. The average Bonchev–Trinajstić information content (AvgIpc) is 3.42. The summed E-state index contributed by atoms with van der Waals surface area (Å²) in [5.41, 5.74) is 4.99. The van der Waals surface area contributed by atoms with Crippen molar-refractivity contribution < 1.29 is 38.7 Å². The summed E-state index contributed by atoms with van der Waals surface area (Å²) in [6, 6.07) is 1.12. The predicted molar refractivity (Wildman–Crippen MR) is 145 cm³/mol. The summed E-state index contributed by atoms with van der Waals surface area (Å²) < 4.78 is 28.4. The molecule has 2 unspecified atom stereocenters. The second-order valence-electron chi connectivity index (χ2n) is 10.9. The molecular formula is C30H36N2O8. The number of phenolic OH excluding ortho intramolecular Hbond substituents is 1. The van der Waals surface area contributed by atoms with Gasteiger partial charge in [-0.15, -0.1) is 0 Å². The first-order chi connectivity index (χ1) is 19.2. The number of aliphatic hydroxyl groups is 1. The number of nitrogens with zero attached hydrogens (tertiary/aromatic N) is 2. The summed E-state index contributed by atoms with van der Waals surface area (Å²) in [6.45, 7) is 9.50. The van der Waals surface area contributed by atoms with Crippen LogP contribution in [-0.4, -0.2) is 72.0 Å². The predicted octanol–water partition coefficient (Wildman–Crippen LogP) is 4.06. The van der Waals surface area contributed by atoms with Gasteiger partial charge >= 0.3 is 6.16 Å². The minimum Gasteiger partial charge on any atom is -0.504 e. The topological polar surface area (TPSA) is 110 Å². The van der Waals surface area contributed by atoms with Gasteiger partial charge in [0.05, 0.1) is 19.2 Å². The summed E-state index contributed by atoms with van der Waals surface area (Å²) in [5, 5.41) is 23.4. The molecule has 10 nitrogen and oxygen atoms in total. The van der Waals surface area contributed by atoms with Crippen molar-refractivity contribution in [2.45, 2.75) is 70.4 Å². The number of fused-ring (bicyclic) bond motifs is 9. The van der Waals surface area contributed by atoms with Gasteiger partial charge in [-0.05, 0) is 51.3 Å². The van der Waals surface area contributed by atoms with Crippen molar-refractivity contribution >= 4 is 6.16 Å². The van der Waals surface area contributed by atoms with E-state index in [0.29, 0.717) is 47.8 Å². The fourth-order valence-corrected chi connectivity index (χ4v) is 7.42. The molecule has 2 bridgehead atoms. The minimum absolute atomic E-state index is 0.0242. The third kappa shape index (κ3) is 3.69. The van der Waals surface area contributed by atoms with Crippen LogP contribution in [0.2, 0.25) is 0 Å². The van der Waals surface area contributed by atoms with Gasteiger partial charge in [0.15, 0.2) is 23.0 Å². The highest BCUT2D eigenvalue weighted by Crippen LogP contribution is 2.58. The normalized spacial score (nSPS) is 26.4. The number of methoxy groups -OCH3 is 1. The Morgan fingerprint density at radius 1 is 1.18 bits per heavy atom. The lowest BCUT2D eigenvalue weighted by Crippen LogP contribution is -2.68. The molecule has 6 rings (SSSR count). The van der Waals surface area contributed by atoms with E-state index in [4.69, 9.17) is 23.7 Å². The number of likely N-dealkylation sites (N-methyl/N-ethyl adjacent to an activating group) is 1. The second-order valence-corrected chi connectivity index (χ2v) is 10.9. The van der Waals surface area contributed by atoms with E-state index in [2.05, 4.69) is 29.4 Å². The van der Waals surface area contributed by atoms with Crippen molar-refractivity contribution in [3.63, 3.8) is 0 Å². The molecule has 2 aromatic carbocycles. The number of phenols is 1. The van der Waals surface area contributed by atoms with Gasteiger partial charge in [0.2, 0.25) is 6.79 Å². The Hall–Kier alpha value is -3.47. The number of aliphatic hydroxyl groups excluding tert-OH is 1. The molecule has 0 radical (unpaired) electrons. The maximum Gasteiger partial charge on any atom is 0.514 e. The van der Waals surface area contributed by atoms with Crippen molar-refractivity contribution in [2.24, 2.45) is 0 Å². The molecule has 5 atom stereocenters. The maximum atomic E-state index is 12.7. The number of piperazine rings is 1. The number of benzene rings is 2. The first kappa shape index (κ1) is 26.7. The summed E-state index contributed by atoms with van der Waals surface area (Å²) >= 11 is 0.